The van der Waals surface area contributed by atoms with Gasteiger partial charge < -0.3 is 16.0 Å². The fraction of sp³-hybridized carbons (Fsp3) is 0.333. The van der Waals surface area contributed by atoms with E-state index in [0.29, 0.717) is 23.7 Å². The molecule has 1 unspecified atom stereocenters. The van der Waals surface area contributed by atoms with Crippen LogP contribution in [0.5, 0.6) is 0 Å². The van der Waals surface area contributed by atoms with Gasteiger partial charge in [-0.05, 0) is 18.6 Å². The fourth-order valence-corrected chi connectivity index (χ4v) is 2.21. The van der Waals surface area contributed by atoms with Crippen molar-refractivity contribution in [2.24, 2.45) is 5.73 Å². The summed E-state index contributed by atoms with van der Waals surface area (Å²) in [6.45, 7) is 0.425. The molecule has 0 aliphatic carbocycles. The van der Waals surface area contributed by atoms with Crippen molar-refractivity contribution in [3.63, 3.8) is 0 Å². The van der Waals surface area contributed by atoms with Crippen LogP contribution in [0.4, 0.5) is 5.69 Å². The van der Waals surface area contributed by atoms with E-state index in [-0.39, 0.29) is 18.4 Å². The number of rotatable bonds is 3. The molecule has 1 heterocycles. The number of nitrogens with zero attached hydrogens (tertiary/aromatic N) is 1. The van der Waals surface area contributed by atoms with Crippen LogP contribution in [0.15, 0.2) is 24.3 Å². The first-order chi connectivity index (χ1) is 8.63. The Bertz CT molecular complexity index is 478. The molecule has 1 fully saturated rings. The quantitative estimate of drug-likeness (QED) is 0.838. The van der Waals surface area contributed by atoms with Crippen LogP contribution in [0.2, 0.25) is 5.02 Å². The first-order valence-corrected chi connectivity index (χ1v) is 6.06. The minimum Gasteiger partial charge on any atom is -0.343 e. The van der Waals surface area contributed by atoms with Crippen molar-refractivity contribution in [1.29, 1.82) is 0 Å². The minimum absolute atomic E-state index is 0.115. The molecular formula is C12H14ClN3O2. The van der Waals surface area contributed by atoms with Crippen molar-refractivity contribution in [1.82, 2.24) is 5.32 Å². The molecule has 96 valence electrons. The number of para-hydroxylation sites is 1. The molecule has 1 atom stereocenters. The van der Waals surface area contributed by atoms with Crippen molar-refractivity contribution < 1.29 is 9.59 Å². The second-order valence-corrected chi connectivity index (χ2v) is 4.46. The fourth-order valence-electron chi connectivity index (χ4n) is 1.98. The summed E-state index contributed by atoms with van der Waals surface area (Å²) in [4.78, 5) is 24.9. The SMILES string of the molecule is NCC(=O)NC1CCN(c2ccccc2Cl)C1=O. The van der Waals surface area contributed by atoms with E-state index in [4.69, 9.17) is 17.3 Å². The molecule has 3 N–H and O–H groups in total. The van der Waals surface area contributed by atoms with Crippen LogP contribution in [-0.4, -0.2) is 30.9 Å². The summed E-state index contributed by atoms with van der Waals surface area (Å²) in [5.41, 5.74) is 5.88. The Labute approximate surface area is 110 Å². The van der Waals surface area contributed by atoms with E-state index in [1.54, 1.807) is 23.1 Å². The molecular weight excluding hydrogens is 254 g/mol. The molecule has 0 spiro atoms. The number of carbonyl (C=O) groups is 2. The molecule has 5 nitrogen and oxygen atoms in total. The smallest absolute Gasteiger partial charge is 0.249 e. The predicted molar refractivity (Wildman–Crippen MR) is 69.4 cm³/mol. The normalized spacial score (nSPS) is 19.1. The van der Waals surface area contributed by atoms with Crippen LogP contribution in [0.3, 0.4) is 0 Å². The first-order valence-electron chi connectivity index (χ1n) is 5.69. The number of hydrogen-bond acceptors (Lipinski definition) is 3. The number of amides is 2. The number of carbonyl (C=O) groups excluding carboxylic acids is 2. The van der Waals surface area contributed by atoms with Gasteiger partial charge in [0.1, 0.15) is 6.04 Å². The lowest BCUT2D eigenvalue weighted by Gasteiger charge is -2.18. The second kappa shape index (κ2) is 5.37. The monoisotopic (exact) mass is 267 g/mol. The third-order valence-electron chi connectivity index (χ3n) is 2.87. The van der Waals surface area contributed by atoms with Gasteiger partial charge in [0, 0.05) is 6.54 Å². The molecule has 2 amide bonds. The minimum atomic E-state index is -0.502. The number of anilines is 1. The Morgan fingerprint density at radius 3 is 2.89 bits per heavy atom. The van der Waals surface area contributed by atoms with E-state index in [1.807, 2.05) is 6.07 Å². The lowest BCUT2D eigenvalue weighted by atomic mass is 10.2. The summed E-state index contributed by atoms with van der Waals surface area (Å²) < 4.78 is 0. The van der Waals surface area contributed by atoms with Crippen LogP contribution in [0.25, 0.3) is 0 Å². The number of hydrogen-bond donors (Lipinski definition) is 2. The Balaban J connectivity index is 2.12. The Kier molecular flexibility index (Phi) is 3.84. The largest absolute Gasteiger partial charge is 0.343 e. The van der Waals surface area contributed by atoms with Gasteiger partial charge in [0.2, 0.25) is 11.8 Å². The summed E-state index contributed by atoms with van der Waals surface area (Å²) in [6, 6.07) is 6.64. The molecule has 18 heavy (non-hydrogen) atoms. The van der Waals surface area contributed by atoms with E-state index in [2.05, 4.69) is 5.32 Å². The highest BCUT2D eigenvalue weighted by molar-refractivity contribution is 6.34. The highest BCUT2D eigenvalue weighted by Crippen LogP contribution is 2.28. The summed E-state index contributed by atoms with van der Waals surface area (Å²) >= 11 is 6.05. The Morgan fingerprint density at radius 1 is 1.50 bits per heavy atom. The zero-order chi connectivity index (χ0) is 13.1. The second-order valence-electron chi connectivity index (χ2n) is 4.05. The van der Waals surface area contributed by atoms with Crippen molar-refractivity contribution in [3.05, 3.63) is 29.3 Å². The van der Waals surface area contributed by atoms with Gasteiger partial charge in [-0.3, -0.25) is 9.59 Å². The highest BCUT2D eigenvalue weighted by Gasteiger charge is 2.34. The molecule has 1 aliphatic heterocycles. The molecule has 1 aromatic rings. The van der Waals surface area contributed by atoms with E-state index >= 15 is 0 Å². The highest BCUT2D eigenvalue weighted by atomic mass is 35.5. The van der Waals surface area contributed by atoms with Crippen molar-refractivity contribution in [2.45, 2.75) is 12.5 Å². The zero-order valence-electron chi connectivity index (χ0n) is 9.73. The molecule has 0 aromatic heterocycles. The standard InChI is InChI=1S/C12H14ClN3O2/c13-8-3-1-2-4-10(8)16-6-5-9(12(16)18)15-11(17)7-14/h1-4,9H,5-7,14H2,(H,15,17). The molecule has 0 bridgehead atoms. The lowest BCUT2D eigenvalue weighted by molar-refractivity contribution is -0.125. The van der Waals surface area contributed by atoms with Crippen LogP contribution >= 0.6 is 11.6 Å². The predicted octanol–water partition coefficient (Wildman–Crippen LogP) is 0.520. The summed E-state index contributed by atoms with van der Waals surface area (Å²) in [5, 5.41) is 3.12. The molecule has 6 heteroatoms. The van der Waals surface area contributed by atoms with Gasteiger partial charge in [-0.1, -0.05) is 23.7 Å². The third kappa shape index (κ3) is 2.47. The van der Waals surface area contributed by atoms with E-state index in [1.165, 1.54) is 0 Å². The number of benzene rings is 1. The lowest BCUT2D eigenvalue weighted by Crippen LogP contribution is -2.43. The maximum atomic E-state index is 12.1. The number of nitrogens with two attached hydrogens (primary N) is 1. The van der Waals surface area contributed by atoms with Crippen molar-refractivity contribution in [2.75, 3.05) is 18.0 Å². The number of halogens is 1. The molecule has 1 aromatic carbocycles. The Hall–Kier alpha value is -1.59. The van der Waals surface area contributed by atoms with Crippen LogP contribution in [0, 0.1) is 0 Å². The maximum Gasteiger partial charge on any atom is 0.249 e. The van der Waals surface area contributed by atoms with Crippen molar-refractivity contribution in [3.8, 4) is 0 Å². The average Bonchev–Trinajstić information content (AvgIpc) is 2.72. The topological polar surface area (TPSA) is 75.4 Å². The summed E-state index contributed by atoms with van der Waals surface area (Å²) in [7, 11) is 0. The summed E-state index contributed by atoms with van der Waals surface area (Å²) in [6.07, 6.45) is 0.565. The van der Waals surface area contributed by atoms with Crippen LogP contribution < -0.4 is 16.0 Å². The van der Waals surface area contributed by atoms with Crippen LogP contribution in [0.1, 0.15) is 6.42 Å². The van der Waals surface area contributed by atoms with Crippen LogP contribution in [-0.2, 0) is 9.59 Å². The molecule has 1 saturated heterocycles. The number of nitrogens with one attached hydrogen (secondary N) is 1. The zero-order valence-corrected chi connectivity index (χ0v) is 10.5. The van der Waals surface area contributed by atoms with E-state index in [0.717, 1.165) is 0 Å². The van der Waals surface area contributed by atoms with Gasteiger partial charge >= 0.3 is 0 Å². The first kappa shape index (κ1) is 12.9. The van der Waals surface area contributed by atoms with E-state index < -0.39 is 6.04 Å². The van der Waals surface area contributed by atoms with Gasteiger partial charge in [0.15, 0.2) is 0 Å². The van der Waals surface area contributed by atoms with E-state index in [9.17, 15) is 9.59 Å². The van der Waals surface area contributed by atoms with Gasteiger partial charge in [-0.15, -0.1) is 0 Å². The molecule has 0 radical (unpaired) electrons. The van der Waals surface area contributed by atoms with Gasteiger partial charge in [-0.2, -0.15) is 0 Å². The third-order valence-corrected chi connectivity index (χ3v) is 3.19. The van der Waals surface area contributed by atoms with Gasteiger partial charge in [0.05, 0.1) is 17.3 Å². The average molecular weight is 268 g/mol. The maximum absolute atomic E-state index is 12.1. The summed E-state index contributed by atoms with van der Waals surface area (Å²) in [5.74, 6) is -0.473. The van der Waals surface area contributed by atoms with Gasteiger partial charge in [0.25, 0.3) is 0 Å². The molecule has 1 aliphatic rings. The molecule has 2 rings (SSSR count). The Morgan fingerprint density at radius 2 is 2.22 bits per heavy atom. The van der Waals surface area contributed by atoms with Gasteiger partial charge in [-0.25, -0.2) is 0 Å². The van der Waals surface area contributed by atoms with Crippen molar-refractivity contribution >= 4 is 29.1 Å². The molecule has 0 saturated carbocycles.